The van der Waals surface area contributed by atoms with Crippen LogP contribution in [-0.2, 0) is 0 Å². The summed E-state index contributed by atoms with van der Waals surface area (Å²) in [5.74, 6) is 0.785. The minimum Gasteiger partial charge on any atom is -0.494 e. The second kappa shape index (κ2) is 8.57. The molecule has 0 bridgehead atoms. The summed E-state index contributed by atoms with van der Waals surface area (Å²) >= 11 is 6.30. The normalized spacial score (nSPS) is 14.1. The third-order valence-corrected chi connectivity index (χ3v) is 5.35. The molecule has 1 amide bonds. The van der Waals surface area contributed by atoms with Crippen LogP contribution in [0, 0.1) is 0 Å². The van der Waals surface area contributed by atoms with Crippen LogP contribution in [0.3, 0.4) is 0 Å². The number of nitrogens with zero attached hydrogens (tertiary/aromatic N) is 3. The van der Waals surface area contributed by atoms with Crippen molar-refractivity contribution in [3.63, 3.8) is 0 Å². The Hall–Kier alpha value is -2.99. The highest BCUT2D eigenvalue weighted by Crippen LogP contribution is 2.26. The molecular weight excluding hydrogens is 388 g/mol. The number of hydrogen-bond donors (Lipinski definition) is 1. The number of para-hydroxylation sites is 1. The van der Waals surface area contributed by atoms with Gasteiger partial charge in [-0.1, -0.05) is 23.7 Å². The summed E-state index contributed by atoms with van der Waals surface area (Å²) in [6, 6.07) is 17.3. The van der Waals surface area contributed by atoms with E-state index in [0.717, 1.165) is 40.8 Å². The molecule has 1 aliphatic rings. The summed E-state index contributed by atoms with van der Waals surface area (Å²) < 4.78 is 5.47. The van der Waals surface area contributed by atoms with Gasteiger partial charge in [0.1, 0.15) is 11.4 Å². The Bertz CT molecular complexity index is 978. The van der Waals surface area contributed by atoms with Gasteiger partial charge in [-0.3, -0.25) is 9.89 Å². The minimum absolute atomic E-state index is 0.0338. The first-order chi connectivity index (χ1) is 14.2. The number of hydrogen-bond acceptors (Lipinski definition) is 4. The number of H-pyrrole nitrogens is 1. The van der Waals surface area contributed by atoms with Crippen LogP contribution in [0.4, 0.5) is 5.69 Å². The molecule has 1 fully saturated rings. The van der Waals surface area contributed by atoms with Gasteiger partial charge in [-0.25, -0.2) is 0 Å². The first-order valence-electron chi connectivity index (χ1n) is 9.73. The van der Waals surface area contributed by atoms with Crippen LogP contribution in [0.25, 0.3) is 11.3 Å². The van der Waals surface area contributed by atoms with Crippen LogP contribution < -0.4 is 9.64 Å². The molecule has 1 aromatic heterocycles. The number of nitrogens with one attached hydrogen (secondary N) is 1. The third-order valence-electron chi connectivity index (χ3n) is 5.03. The predicted molar refractivity (Wildman–Crippen MR) is 115 cm³/mol. The van der Waals surface area contributed by atoms with Crippen molar-refractivity contribution in [1.82, 2.24) is 15.1 Å². The summed E-state index contributed by atoms with van der Waals surface area (Å²) in [4.78, 5) is 16.9. The molecule has 0 spiro atoms. The number of amides is 1. The van der Waals surface area contributed by atoms with E-state index in [9.17, 15) is 4.79 Å². The van der Waals surface area contributed by atoms with Gasteiger partial charge in [0.15, 0.2) is 0 Å². The topological polar surface area (TPSA) is 61.5 Å². The van der Waals surface area contributed by atoms with Gasteiger partial charge in [0.2, 0.25) is 0 Å². The van der Waals surface area contributed by atoms with Gasteiger partial charge < -0.3 is 14.5 Å². The number of ether oxygens (including phenoxy) is 1. The summed E-state index contributed by atoms with van der Waals surface area (Å²) in [6.45, 7) is 5.35. The maximum Gasteiger partial charge on any atom is 0.272 e. The Balaban J connectivity index is 1.40. The van der Waals surface area contributed by atoms with E-state index >= 15 is 0 Å². The lowest BCUT2D eigenvalue weighted by molar-refractivity contribution is 0.0741. The van der Waals surface area contributed by atoms with E-state index in [1.54, 1.807) is 6.07 Å². The number of carbonyl (C=O) groups is 1. The van der Waals surface area contributed by atoms with Gasteiger partial charge in [0.05, 0.1) is 23.0 Å². The molecule has 6 nitrogen and oxygen atoms in total. The smallest absolute Gasteiger partial charge is 0.272 e. The summed E-state index contributed by atoms with van der Waals surface area (Å²) in [6.07, 6.45) is 0. The van der Waals surface area contributed by atoms with Crippen molar-refractivity contribution in [3.8, 4) is 17.0 Å². The Morgan fingerprint density at radius 2 is 1.83 bits per heavy atom. The molecule has 7 heteroatoms. The molecule has 0 aliphatic carbocycles. The van der Waals surface area contributed by atoms with E-state index < -0.39 is 0 Å². The molecule has 2 heterocycles. The van der Waals surface area contributed by atoms with Crippen molar-refractivity contribution in [1.29, 1.82) is 0 Å². The van der Waals surface area contributed by atoms with Crippen LogP contribution in [-0.4, -0.2) is 53.8 Å². The Labute approximate surface area is 175 Å². The second-order valence-electron chi connectivity index (χ2n) is 6.85. The van der Waals surface area contributed by atoms with E-state index in [1.165, 1.54) is 0 Å². The standard InChI is InChI=1S/C22H23ClN4O2/c1-2-29-17-9-7-16(8-10-17)19-15-20(25-24-19)22(28)27-13-11-26(12-14-27)21-6-4-3-5-18(21)23/h3-10,15H,2,11-14H2,1H3,(H,24,25). The van der Waals surface area contributed by atoms with E-state index in [2.05, 4.69) is 15.1 Å². The average Bonchev–Trinajstić information content (AvgIpc) is 3.25. The first kappa shape index (κ1) is 19.3. The highest BCUT2D eigenvalue weighted by Gasteiger charge is 2.24. The summed E-state index contributed by atoms with van der Waals surface area (Å²) in [5, 5.41) is 7.93. The van der Waals surface area contributed by atoms with Gasteiger partial charge in [0, 0.05) is 31.7 Å². The molecule has 2 aromatic carbocycles. The molecule has 0 radical (unpaired) electrons. The lowest BCUT2D eigenvalue weighted by atomic mass is 10.1. The first-order valence-corrected chi connectivity index (χ1v) is 10.1. The molecule has 0 unspecified atom stereocenters. The van der Waals surface area contributed by atoms with Crippen LogP contribution in [0.1, 0.15) is 17.4 Å². The Kier molecular flexibility index (Phi) is 5.71. The van der Waals surface area contributed by atoms with Gasteiger partial charge in [-0.2, -0.15) is 5.10 Å². The van der Waals surface area contributed by atoms with E-state index in [-0.39, 0.29) is 5.91 Å². The zero-order valence-corrected chi connectivity index (χ0v) is 17.0. The van der Waals surface area contributed by atoms with Crippen LogP contribution in [0.2, 0.25) is 5.02 Å². The fourth-order valence-electron chi connectivity index (χ4n) is 3.50. The van der Waals surface area contributed by atoms with Crippen molar-refractivity contribution >= 4 is 23.2 Å². The van der Waals surface area contributed by atoms with Crippen molar-refractivity contribution in [2.75, 3.05) is 37.7 Å². The Morgan fingerprint density at radius 3 is 2.52 bits per heavy atom. The van der Waals surface area contributed by atoms with Crippen LogP contribution in [0.5, 0.6) is 5.75 Å². The zero-order valence-electron chi connectivity index (χ0n) is 16.3. The largest absolute Gasteiger partial charge is 0.494 e. The monoisotopic (exact) mass is 410 g/mol. The zero-order chi connectivity index (χ0) is 20.2. The number of halogens is 1. The molecule has 0 saturated carbocycles. The van der Waals surface area contributed by atoms with Crippen molar-refractivity contribution in [2.24, 2.45) is 0 Å². The van der Waals surface area contributed by atoms with Crippen LogP contribution >= 0.6 is 11.6 Å². The number of benzene rings is 2. The number of piperazine rings is 1. The highest BCUT2D eigenvalue weighted by atomic mass is 35.5. The summed E-state index contributed by atoms with van der Waals surface area (Å²) in [5.41, 5.74) is 3.19. The average molecular weight is 411 g/mol. The molecule has 3 aromatic rings. The number of carbonyl (C=O) groups excluding carboxylic acids is 1. The molecule has 29 heavy (non-hydrogen) atoms. The molecule has 150 valence electrons. The van der Waals surface area contributed by atoms with Gasteiger partial charge in [-0.05, 0) is 49.4 Å². The molecule has 0 atom stereocenters. The van der Waals surface area contributed by atoms with E-state index in [0.29, 0.717) is 25.4 Å². The fourth-order valence-corrected chi connectivity index (χ4v) is 3.75. The Morgan fingerprint density at radius 1 is 1.10 bits per heavy atom. The molecule has 1 saturated heterocycles. The number of anilines is 1. The lowest BCUT2D eigenvalue weighted by Gasteiger charge is -2.36. The third kappa shape index (κ3) is 4.22. The predicted octanol–water partition coefficient (Wildman–Crippen LogP) is 4.09. The van der Waals surface area contributed by atoms with E-state index in [4.69, 9.17) is 16.3 Å². The van der Waals surface area contributed by atoms with Crippen molar-refractivity contribution in [2.45, 2.75) is 6.92 Å². The molecular formula is C22H23ClN4O2. The maximum absolute atomic E-state index is 12.9. The minimum atomic E-state index is -0.0338. The molecule has 4 rings (SSSR count). The van der Waals surface area contributed by atoms with Crippen molar-refractivity contribution in [3.05, 3.63) is 65.3 Å². The van der Waals surface area contributed by atoms with Gasteiger partial charge >= 0.3 is 0 Å². The van der Waals surface area contributed by atoms with Gasteiger partial charge in [-0.15, -0.1) is 0 Å². The van der Waals surface area contributed by atoms with Crippen molar-refractivity contribution < 1.29 is 9.53 Å². The molecule has 1 aliphatic heterocycles. The number of aromatic nitrogens is 2. The second-order valence-corrected chi connectivity index (χ2v) is 7.26. The summed E-state index contributed by atoms with van der Waals surface area (Å²) in [7, 11) is 0. The quantitative estimate of drug-likeness (QED) is 0.688. The SMILES string of the molecule is CCOc1ccc(-c2cc(C(=O)N3CCN(c4ccccc4Cl)CC3)[nH]n2)cc1. The maximum atomic E-state index is 12.9. The highest BCUT2D eigenvalue weighted by molar-refractivity contribution is 6.33. The number of aromatic amines is 1. The fraction of sp³-hybridized carbons (Fsp3) is 0.273. The van der Waals surface area contributed by atoms with Gasteiger partial charge in [0.25, 0.3) is 5.91 Å². The van der Waals surface area contributed by atoms with Crippen LogP contribution in [0.15, 0.2) is 54.6 Å². The number of rotatable bonds is 5. The lowest BCUT2D eigenvalue weighted by Crippen LogP contribution is -2.49. The van der Waals surface area contributed by atoms with E-state index in [1.807, 2.05) is 60.4 Å². The molecule has 1 N–H and O–H groups in total.